The Balaban J connectivity index is 1.67. The first-order chi connectivity index (χ1) is 12.2. The van der Waals surface area contributed by atoms with Crippen molar-refractivity contribution in [1.29, 1.82) is 0 Å². The Hall–Kier alpha value is -1.70. The predicted molar refractivity (Wildman–Crippen MR) is 99.1 cm³/mol. The number of aliphatic hydroxyl groups excluding tert-OH is 1. The number of anilines is 1. The van der Waals surface area contributed by atoms with Gasteiger partial charge in [-0.05, 0) is 38.8 Å². The van der Waals surface area contributed by atoms with Crippen LogP contribution in [-0.4, -0.2) is 70.5 Å². The molecule has 3 rings (SSSR count). The fraction of sp³-hybridized carbons (Fsp3) is 0.667. The first-order valence-electron chi connectivity index (χ1n) is 9.17. The molecule has 2 N–H and O–H groups in total. The molecule has 1 aliphatic heterocycles. The topological polar surface area (TPSA) is 75.4 Å². The number of nitrogens with one attached hydrogen (secondary N) is 1. The molecule has 138 valence electrons. The number of nitrogens with zero attached hydrogens (tertiary/aromatic N) is 4. The highest BCUT2D eigenvalue weighted by atomic mass is 16.5. The zero-order valence-corrected chi connectivity index (χ0v) is 15.3. The van der Waals surface area contributed by atoms with Crippen LogP contribution in [0.3, 0.4) is 0 Å². The summed E-state index contributed by atoms with van der Waals surface area (Å²) in [5.41, 5.74) is 3.36. The van der Waals surface area contributed by atoms with Crippen LogP contribution < -0.4 is 5.32 Å². The second kappa shape index (κ2) is 8.60. The molecule has 2 aromatic heterocycles. The minimum Gasteiger partial charge on any atom is -0.396 e. The average Bonchev–Trinajstić information content (AvgIpc) is 2.89. The van der Waals surface area contributed by atoms with E-state index < -0.39 is 0 Å². The van der Waals surface area contributed by atoms with Gasteiger partial charge >= 0.3 is 0 Å². The maximum atomic E-state index is 9.13. The number of aryl methyl sites for hydroxylation is 2. The lowest BCUT2D eigenvalue weighted by atomic mass is 10.2. The minimum atomic E-state index is 0.190. The van der Waals surface area contributed by atoms with Crippen LogP contribution >= 0.6 is 0 Å². The Labute approximate surface area is 149 Å². The average molecular weight is 347 g/mol. The highest BCUT2D eigenvalue weighted by Crippen LogP contribution is 2.28. The molecule has 7 nitrogen and oxygen atoms in total. The quantitative estimate of drug-likeness (QED) is 0.706. The molecule has 7 heteroatoms. The number of hydrogen-bond donors (Lipinski definition) is 2. The Bertz CT molecular complexity index is 694. The van der Waals surface area contributed by atoms with Gasteiger partial charge in [0.15, 0.2) is 0 Å². The number of ether oxygens (including phenoxy) is 1. The normalized spacial score (nSPS) is 15.8. The van der Waals surface area contributed by atoms with Crippen LogP contribution in [0.15, 0.2) is 6.33 Å². The van der Waals surface area contributed by atoms with Gasteiger partial charge in [0, 0.05) is 38.5 Å². The summed E-state index contributed by atoms with van der Waals surface area (Å²) in [5.74, 6) is 0.912. The Kier molecular flexibility index (Phi) is 6.23. The Morgan fingerprint density at radius 1 is 1.16 bits per heavy atom. The van der Waals surface area contributed by atoms with Gasteiger partial charge in [-0.25, -0.2) is 9.97 Å². The van der Waals surface area contributed by atoms with Crippen LogP contribution in [0, 0.1) is 13.8 Å². The second-order valence-corrected chi connectivity index (χ2v) is 6.59. The maximum Gasteiger partial charge on any atom is 0.145 e. The fourth-order valence-electron chi connectivity index (χ4n) is 3.44. The first kappa shape index (κ1) is 18.1. The van der Waals surface area contributed by atoms with E-state index in [1.807, 2.05) is 0 Å². The lowest BCUT2D eigenvalue weighted by Crippen LogP contribution is -2.37. The summed E-state index contributed by atoms with van der Waals surface area (Å²) in [6.07, 6.45) is 3.44. The van der Waals surface area contributed by atoms with Gasteiger partial charge in [0.1, 0.15) is 17.8 Å². The van der Waals surface area contributed by atoms with Crippen LogP contribution in [-0.2, 0) is 11.3 Å². The number of aliphatic hydroxyl groups is 1. The third kappa shape index (κ3) is 4.11. The third-order valence-corrected chi connectivity index (χ3v) is 4.99. The van der Waals surface area contributed by atoms with Crippen molar-refractivity contribution in [3.8, 4) is 0 Å². The van der Waals surface area contributed by atoms with Gasteiger partial charge in [-0.2, -0.15) is 0 Å². The lowest BCUT2D eigenvalue weighted by molar-refractivity contribution is 0.0378. The van der Waals surface area contributed by atoms with Crippen molar-refractivity contribution < 1.29 is 9.84 Å². The van der Waals surface area contributed by atoms with Crippen molar-refractivity contribution in [1.82, 2.24) is 19.4 Å². The van der Waals surface area contributed by atoms with E-state index in [4.69, 9.17) is 9.84 Å². The first-order valence-corrected chi connectivity index (χ1v) is 9.17. The Morgan fingerprint density at radius 3 is 2.72 bits per heavy atom. The largest absolute Gasteiger partial charge is 0.396 e. The van der Waals surface area contributed by atoms with Gasteiger partial charge in [-0.1, -0.05) is 0 Å². The third-order valence-electron chi connectivity index (χ3n) is 4.99. The molecule has 0 amide bonds. The van der Waals surface area contributed by atoms with E-state index in [-0.39, 0.29) is 6.61 Å². The monoisotopic (exact) mass is 347 g/mol. The van der Waals surface area contributed by atoms with E-state index in [2.05, 4.69) is 38.6 Å². The summed E-state index contributed by atoms with van der Waals surface area (Å²) < 4.78 is 7.57. The zero-order valence-electron chi connectivity index (χ0n) is 15.3. The number of aromatic nitrogens is 3. The van der Waals surface area contributed by atoms with E-state index in [1.165, 1.54) is 11.3 Å². The molecule has 2 aromatic rings. The molecule has 0 aromatic carbocycles. The smallest absolute Gasteiger partial charge is 0.145 e. The van der Waals surface area contributed by atoms with Gasteiger partial charge in [-0.3, -0.25) is 4.90 Å². The Morgan fingerprint density at radius 2 is 1.96 bits per heavy atom. The molecule has 0 radical (unpaired) electrons. The summed E-state index contributed by atoms with van der Waals surface area (Å²) in [4.78, 5) is 11.4. The number of rotatable bonds is 8. The van der Waals surface area contributed by atoms with Crippen molar-refractivity contribution in [2.75, 3.05) is 51.3 Å². The number of fused-ring (bicyclic) bond motifs is 1. The van der Waals surface area contributed by atoms with Crippen LogP contribution in [0.25, 0.3) is 11.0 Å². The molecule has 3 heterocycles. The van der Waals surface area contributed by atoms with Crippen LogP contribution in [0.2, 0.25) is 0 Å². The van der Waals surface area contributed by atoms with Crippen molar-refractivity contribution in [3.05, 3.63) is 17.6 Å². The van der Waals surface area contributed by atoms with Gasteiger partial charge in [0.25, 0.3) is 0 Å². The maximum absolute atomic E-state index is 9.13. The van der Waals surface area contributed by atoms with E-state index in [0.29, 0.717) is 0 Å². The summed E-state index contributed by atoms with van der Waals surface area (Å²) in [5, 5.41) is 13.7. The molecule has 0 atom stereocenters. The van der Waals surface area contributed by atoms with E-state index in [1.54, 1.807) is 6.33 Å². The van der Waals surface area contributed by atoms with E-state index in [0.717, 1.165) is 75.6 Å². The molecule has 0 unspecified atom stereocenters. The SMILES string of the molecule is Cc1c(C)n(CCCO)c2ncnc(NCCCN3CCOCC3)c12. The van der Waals surface area contributed by atoms with Crippen LogP contribution in [0.4, 0.5) is 5.82 Å². The fourth-order valence-corrected chi connectivity index (χ4v) is 3.44. The van der Waals surface area contributed by atoms with Crippen molar-refractivity contribution in [3.63, 3.8) is 0 Å². The molecular formula is C18H29N5O2. The van der Waals surface area contributed by atoms with Gasteiger partial charge in [0.2, 0.25) is 0 Å². The second-order valence-electron chi connectivity index (χ2n) is 6.59. The molecule has 0 bridgehead atoms. The number of hydrogen-bond acceptors (Lipinski definition) is 6. The summed E-state index contributed by atoms with van der Waals surface area (Å²) >= 11 is 0. The molecule has 1 aliphatic rings. The van der Waals surface area contributed by atoms with Crippen LogP contribution in [0.5, 0.6) is 0 Å². The molecule has 0 saturated carbocycles. The summed E-state index contributed by atoms with van der Waals surface area (Å²) in [6, 6.07) is 0. The van der Waals surface area contributed by atoms with Crippen LogP contribution in [0.1, 0.15) is 24.1 Å². The molecule has 25 heavy (non-hydrogen) atoms. The summed E-state index contributed by atoms with van der Waals surface area (Å²) in [7, 11) is 0. The van der Waals surface area contributed by atoms with Crippen molar-refractivity contribution in [2.45, 2.75) is 33.2 Å². The molecule has 1 fully saturated rings. The predicted octanol–water partition coefficient (Wildman–Crippen LogP) is 1.56. The highest BCUT2D eigenvalue weighted by Gasteiger charge is 2.16. The van der Waals surface area contributed by atoms with Crippen molar-refractivity contribution >= 4 is 16.9 Å². The summed E-state index contributed by atoms with van der Waals surface area (Å²) in [6.45, 7) is 10.9. The molecule has 0 aliphatic carbocycles. The molecular weight excluding hydrogens is 318 g/mol. The minimum absolute atomic E-state index is 0.190. The zero-order chi connectivity index (χ0) is 17.6. The molecule has 1 saturated heterocycles. The van der Waals surface area contributed by atoms with Gasteiger partial charge < -0.3 is 19.7 Å². The van der Waals surface area contributed by atoms with Gasteiger partial charge in [-0.15, -0.1) is 0 Å². The van der Waals surface area contributed by atoms with Crippen molar-refractivity contribution in [2.24, 2.45) is 0 Å². The molecule has 0 spiro atoms. The number of morpholine rings is 1. The van der Waals surface area contributed by atoms with E-state index >= 15 is 0 Å². The van der Waals surface area contributed by atoms with E-state index in [9.17, 15) is 0 Å². The van der Waals surface area contributed by atoms with Gasteiger partial charge in [0.05, 0.1) is 18.6 Å². The lowest BCUT2D eigenvalue weighted by Gasteiger charge is -2.26. The highest BCUT2D eigenvalue weighted by molar-refractivity contribution is 5.91. The standard InChI is InChI=1S/C18H29N5O2/c1-14-15(2)23(7-4-10-24)18-16(14)17(20-13-21-18)19-5-3-6-22-8-11-25-12-9-22/h13,24H,3-12H2,1-2H3,(H,19,20,21).